The molecule has 2 aromatic carbocycles. The SMILES string of the molecule is CCCC(=O)Nc1ccc(C(=O)NN=Cc2ccc(N(CC)CC)cc2O)cc1. The summed E-state index contributed by atoms with van der Waals surface area (Å²) in [5, 5.41) is 16.9. The Kier molecular flexibility index (Phi) is 8.21. The maximum absolute atomic E-state index is 12.2. The molecule has 0 fully saturated rings. The van der Waals surface area contributed by atoms with E-state index in [-0.39, 0.29) is 17.6 Å². The molecule has 0 bridgehead atoms. The van der Waals surface area contributed by atoms with Crippen LogP contribution in [0.1, 0.15) is 49.5 Å². The van der Waals surface area contributed by atoms with E-state index in [9.17, 15) is 14.7 Å². The Morgan fingerprint density at radius 1 is 1.07 bits per heavy atom. The third-order valence-corrected chi connectivity index (χ3v) is 4.42. The van der Waals surface area contributed by atoms with Crippen LogP contribution in [0.25, 0.3) is 0 Å². The maximum Gasteiger partial charge on any atom is 0.271 e. The van der Waals surface area contributed by atoms with Crippen molar-refractivity contribution in [2.45, 2.75) is 33.6 Å². The summed E-state index contributed by atoms with van der Waals surface area (Å²) in [5.74, 6) is -0.340. The maximum atomic E-state index is 12.2. The summed E-state index contributed by atoms with van der Waals surface area (Å²) >= 11 is 0. The molecule has 3 N–H and O–H groups in total. The van der Waals surface area contributed by atoms with Gasteiger partial charge in [-0.1, -0.05) is 6.92 Å². The topological polar surface area (TPSA) is 94.0 Å². The molecule has 0 aliphatic heterocycles. The summed E-state index contributed by atoms with van der Waals surface area (Å²) in [7, 11) is 0. The Labute approximate surface area is 171 Å². The van der Waals surface area contributed by atoms with Gasteiger partial charge < -0.3 is 15.3 Å². The summed E-state index contributed by atoms with van der Waals surface area (Å²) in [5.41, 5.74) is 4.93. The zero-order valence-electron chi connectivity index (χ0n) is 17.1. The molecule has 7 heteroatoms. The van der Waals surface area contributed by atoms with Gasteiger partial charge in [0, 0.05) is 48.1 Å². The van der Waals surface area contributed by atoms with Crippen LogP contribution in [0.5, 0.6) is 5.75 Å². The number of hydrogen-bond acceptors (Lipinski definition) is 5. The third-order valence-electron chi connectivity index (χ3n) is 4.42. The molecule has 0 unspecified atom stereocenters. The van der Waals surface area contributed by atoms with Crippen LogP contribution in [0.2, 0.25) is 0 Å². The molecule has 0 saturated heterocycles. The van der Waals surface area contributed by atoms with Crippen LogP contribution in [-0.4, -0.2) is 36.2 Å². The molecule has 2 aromatic rings. The standard InChI is InChI=1S/C22H28N4O3/c1-4-7-21(28)24-18-11-8-16(9-12-18)22(29)25-23-15-17-10-13-19(14-20(17)27)26(5-2)6-3/h8-15,27H,4-7H2,1-3H3,(H,24,28)(H,25,29). The highest BCUT2D eigenvalue weighted by Gasteiger charge is 2.07. The van der Waals surface area contributed by atoms with Crippen molar-refractivity contribution in [2.24, 2.45) is 5.10 Å². The average Bonchev–Trinajstić information content (AvgIpc) is 2.71. The van der Waals surface area contributed by atoms with Gasteiger partial charge >= 0.3 is 0 Å². The molecular weight excluding hydrogens is 368 g/mol. The highest BCUT2D eigenvalue weighted by molar-refractivity contribution is 5.96. The van der Waals surface area contributed by atoms with Gasteiger partial charge in [0.2, 0.25) is 5.91 Å². The Hall–Kier alpha value is -3.35. The molecule has 0 aliphatic rings. The van der Waals surface area contributed by atoms with Crippen LogP contribution in [-0.2, 0) is 4.79 Å². The first kappa shape index (κ1) is 21.9. The summed E-state index contributed by atoms with van der Waals surface area (Å²) in [6, 6.07) is 11.9. The number of anilines is 2. The summed E-state index contributed by atoms with van der Waals surface area (Å²) in [6.45, 7) is 7.74. The lowest BCUT2D eigenvalue weighted by Crippen LogP contribution is -2.21. The summed E-state index contributed by atoms with van der Waals surface area (Å²) < 4.78 is 0. The number of amides is 2. The fourth-order valence-corrected chi connectivity index (χ4v) is 2.81. The zero-order chi connectivity index (χ0) is 21.2. The van der Waals surface area contributed by atoms with Crippen LogP contribution in [0.4, 0.5) is 11.4 Å². The number of carbonyl (C=O) groups is 2. The Morgan fingerprint density at radius 3 is 2.34 bits per heavy atom. The lowest BCUT2D eigenvalue weighted by molar-refractivity contribution is -0.116. The minimum atomic E-state index is -0.382. The van der Waals surface area contributed by atoms with E-state index in [1.165, 1.54) is 6.21 Å². The van der Waals surface area contributed by atoms with E-state index < -0.39 is 0 Å². The van der Waals surface area contributed by atoms with Gasteiger partial charge in [-0.15, -0.1) is 0 Å². The molecule has 0 heterocycles. The Balaban J connectivity index is 1.96. The van der Waals surface area contributed by atoms with Crippen molar-refractivity contribution in [1.82, 2.24) is 5.43 Å². The van der Waals surface area contributed by atoms with Gasteiger partial charge in [-0.25, -0.2) is 5.43 Å². The number of carbonyl (C=O) groups excluding carboxylic acids is 2. The molecule has 0 aromatic heterocycles. The van der Waals surface area contributed by atoms with E-state index in [0.29, 0.717) is 23.2 Å². The van der Waals surface area contributed by atoms with E-state index in [1.807, 2.05) is 13.0 Å². The number of aromatic hydroxyl groups is 1. The van der Waals surface area contributed by atoms with Crippen LogP contribution in [0, 0.1) is 0 Å². The molecule has 29 heavy (non-hydrogen) atoms. The van der Waals surface area contributed by atoms with Gasteiger partial charge in [0.15, 0.2) is 0 Å². The van der Waals surface area contributed by atoms with Crippen molar-refractivity contribution in [3.05, 3.63) is 53.6 Å². The zero-order valence-corrected chi connectivity index (χ0v) is 17.1. The largest absolute Gasteiger partial charge is 0.507 e. The third kappa shape index (κ3) is 6.34. The van der Waals surface area contributed by atoms with Gasteiger partial charge in [-0.3, -0.25) is 9.59 Å². The highest BCUT2D eigenvalue weighted by atomic mass is 16.3. The smallest absolute Gasteiger partial charge is 0.271 e. The van der Waals surface area contributed by atoms with E-state index in [2.05, 4.69) is 34.6 Å². The quantitative estimate of drug-likeness (QED) is 0.445. The fourth-order valence-electron chi connectivity index (χ4n) is 2.81. The second kappa shape index (κ2) is 10.8. The Bertz CT molecular complexity index is 859. The lowest BCUT2D eigenvalue weighted by Gasteiger charge is -2.21. The highest BCUT2D eigenvalue weighted by Crippen LogP contribution is 2.23. The lowest BCUT2D eigenvalue weighted by atomic mass is 10.2. The number of nitrogens with one attached hydrogen (secondary N) is 2. The predicted octanol–water partition coefficient (Wildman–Crippen LogP) is 3.74. The number of phenols is 1. The van der Waals surface area contributed by atoms with E-state index in [1.54, 1.807) is 36.4 Å². The van der Waals surface area contributed by atoms with Gasteiger partial charge in [0.1, 0.15) is 5.75 Å². The molecule has 0 spiro atoms. The molecule has 0 saturated carbocycles. The molecule has 0 aliphatic carbocycles. The first-order chi connectivity index (χ1) is 14.0. The normalized spacial score (nSPS) is 10.7. The first-order valence-corrected chi connectivity index (χ1v) is 9.79. The summed E-state index contributed by atoms with van der Waals surface area (Å²) in [6.07, 6.45) is 2.64. The van der Waals surface area contributed by atoms with Gasteiger partial charge in [-0.2, -0.15) is 5.10 Å². The van der Waals surface area contributed by atoms with Crippen molar-refractivity contribution in [3.63, 3.8) is 0 Å². The first-order valence-electron chi connectivity index (χ1n) is 9.79. The van der Waals surface area contributed by atoms with Crippen molar-refractivity contribution in [3.8, 4) is 5.75 Å². The molecule has 7 nitrogen and oxygen atoms in total. The minimum Gasteiger partial charge on any atom is -0.507 e. The second-order valence-corrected chi connectivity index (χ2v) is 6.49. The number of nitrogens with zero attached hydrogens (tertiary/aromatic N) is 2. The molecular formula is C22H28N4O3. The molecule has 2 rings (SSSR count). The summed E-state index contributed by atoms with van der Waals surface area (Å²) in [4.78, 5) is 25.9. The van der Waals surface area contributed by atoms with Crippen LogP contribution in [0.3, 0.4) is 0 Å². The molecule has 0 atom stereocenters. The van der Waals surface area contributed by atoms with E-state index >= 15 is 0 Å². The number of hydrazone groups is 1. The van der Waals surface area contributed by atoms with Crippen molar-refractivity contribution in [2.75, 3.05) is 23.3 Å². The monoisotopic (exact) mass is 396 g/mol. The number of hydrogen-bond donors (Lipinski definition) is 3. The Morgan fingerprint density at radius 2 is 1.76 bits per heavy atom. The van der Waals surface area contributed by atoms with Crippen molar-refractivity contribution >= 4 is 29.4 Å². The van der Waals surface area contributed by atoms with Crippen LogP contribution < -0.4 is 15.6 Å². The van der Waals surface area contributed by atoms with Crippen LogP contribution >= 0.6 is 0 Å². The molecule has 2 amide bonds. The molecule has 154 valence electrons. The van der Waals surface area contributed by atoms with E-state index in [0.717, 1.165) is 25.2 Å². The number of phenolic OH excluding ortho intramolecular Hbond substituents is 1. The van der Waals surface area contributed by atoms with Crippen molar-refractivity contribution in [1.29, 1.82) is 0 Å². The fraction of sp³-hybridized carbons (Fsp3) is 0.318. The predicted molar refractivity (Wildman–Crippen MR) is 117 cm³/mol. The van der Waals surface area contributed by atoms with Gasteiger partial charge in [0.25, 0.3) is 5.91 Å². The van der Waals surface area contributed by atoms with Crippen LogP contribution in [0.15, 0.2) is 47.6 Å². The van der Waals surface area contributed by atoms with Crippen molar-refractivity contribution < 1.29 is 14.7 Å². The molecule has 0 radical (unpaired) electrons. The van der Waals surface area contributed by atoms with E-state index in [4.69, 9.17) is 0 Å². The van der Waals surface area contributed by atoms with Gasteiger partial charge in [0.05, 0.1) is 6.21 Å². The number of rotatable bonds is 9. The minimum absolute atomic E-state index is 0.0545. The van der Waals surface area contributed by atoms with Gasteiger partial charge in [-0.05, 0) is 56.7 Å². The number of benzene rings is 2. The second-order valence-electron chi connectivity index (χ2n) is 6.49. The average molecular weight is 396 g/mol.